The van der Waals surface area contributed by atoms with Crippen LogP contribution in [0.2, 0.25) is 5.02 Å². The Morgan fingerprint density at radius 1 is 0.973 bits per heavy atom. The lowest BCUT2D eigenvalue weighted by Crippen LogP contribution is -2.52. The molecule has 9 rings (SSSR count). The predicted molar refractivity (Wildman–Crippen MR) is 284 cm³/mol. The first-order valence-corrected chi connectivity index (χ1v) is 27.5. The molecule has 4 aliphatic rings. The fourth-order valence-corrected chi connectivity index (χ4v) is 12.4. The number of pyridine rings is 1. The first-order chi connectivity index (χ1) is 35.0. The van der Waals surface area contributed by atoms with E-state index in [2.05, 4.69) is 69.3 Å². The van der Waals surface area contributed by atoms with Gasteiger partial charge in [-0.05, 0) is 76.0 Å². The summed E-state index contributed by atoms with van der Waals surface area (Å²) in [4.78, 5) is 73.1. The minimum atomic E-state index is -0.854. The van der Waals surface area contributed by atoms with Crippen molar-refractivity contribution in [3.8, 4) is 10.4 Å². The zero-order valence-electron chi connectivity index (χ0n) is 42.4. The van der Waals surface area contributed by atoms with Gasteiger partial charge in [-0.3, -0.25) is 19.3 Å². The fraction of sp³-hybridized carbons (Fsp3) is 0.549. The van der Waals surface area contributed by atoms with Crippen LogP contribution in [0.3, 0.4) is 0 Å². The Balaban J connectivity index is 0.793. The van der Waals surface area contributed by atoms with Gasteiger partial charge in [0.25, 0.3) is 0 Å². The molecule has 0 bridgehead atoms. The number of hydrogen-bond acceptors (Lipinski definition) is 17. The summed E-state index contributed by atoms with van der Waals surface area (Å²) in [5.74, 6) is 1.13. The van der Waals surface area contributed by atoms with E-state index in [4.69, 9.17) is 23.1 Å². The number of nitrogens with one attached hydrogen (secondary N) is 1. The molecule has 0 unspecified atom stereocenters. The van der Waals surface area contributed by atoms with Gasteiger partial charge < -0.3 is 41.5 Å². The van der Waals surface area contributed by atoms with Crippen LogP contribution in [0.1, 0.15) is 88.3 Å². The Morgan fingerprint density at radius 2 is 1.70 bits per heavy atom. The summed E-state index contributed by atoms with van der Waals surface area (Å²) < 4.78 is 1.56. The van der Waals surface area contributed by atoms with Crippen LogP contribution >= 0.6 is 34.7 Å². The number of rotatable bonds is 15. The molecule has 3 amide bonds. The molecule has 73 heavy (non-hydrogen) atoms. The Kier molecular flexibility index (Phi) is 16.2. The number of halogens is 1. The molecule has 0 aliphatic carbocycles. The van der Waals surface area contributed by atoms with E-state index in [1.54, 1.807) is 34.6 Å². The number of nitrogens with two attached hydrogens (primary N) is 2. The van der Waals surface area contributed by atoms with E-state index < -0.39 is 18.2 Å². The zero-order chi connectivity index (χ0) is 51.6. The summed E-state index contributed by atoms with van der Waals surface area (Å²) in [6.07, 6.45) is 8.26. The van der Waals surface area contributed by atoms with Crippen LogP contribution in [0, 0.1) is 25.7 Å². The van der Waals surface area contributed by atoms with E-state index in [-0.39, 0.29) is 54.1 Å². The summed E-state index contributed by atoms with van der Waals surface area (Å²) in [6.45, 7) is 16.0. The summed E-state index contributed by atoms with van der Waals surface area (Å²) in [6, 6.07) is 8.18. The van der Waals surface area contributed by atoms with Crippen molar-refractivity contribution in [3.05, 3.63) is 76.4 Å². The molecule has 4 atom stereocenters. The molecule has 19 nitrogen and oxygen atoms in total. The number of aliphatic hydroxyl groups is 1. The summed E-state index contributed by atoms with van der Waals surface area (Å²) >= 11 is 9.98. The normalized spacial score (nSPS) is 20.7. The van der Waals surface area contributed by atoms with E-state index in [1.165, 1.54) is 16.7 Å². The SMILES string of the molecule is Cc1cn([C@H](C(=O)N2C[C@H](O)C[C@H]2C(=O)N[C@@H](CCN2CCN(C(=O)C3CCN(c4nccc(Sc5ncc(N6CCC(C)(N)CC6)nc5N)c4Cl)CC3)CC2)c2ccc(-c3scnc3C)cc2)C(C)C)nn1. The molecule has 0 spiro atoms. The molecule has 390 valence electrons. The molecule has 5 aromatic rings. The molecule has 4 aromatic heterocycles. The third-order valence-electron chi connectivity index (χ3n) is 14.9. The van der Waals surface area contributed by atoms with Crippen LogP contribution in [0.25, 0.3) is 10.4 Å². The third kappa shape index (κ3) is 12.1. The fourth-order valence-electron chi connectivity index (χ4n) is 10.5. The number of nitrogens with zero attached hydrogens (tertiary/aromatic N) is 12. The first-order valence-electron chi connectivity index (χ1n) is 25.4. The summed E-state index contributed by atoms with van der Waals surface area (Å²) in [7, 11) is 0. The molecule has 0 saturated carbocycles. The highest BCUT2D eigenvalue weighted by atomic mass is 35.5. The van der Waals surface area contributed by atoms with Gasteiger partial charge in [-0.2, -0.15) is 0 Å². The molecule has 0 radical (unpaired) electrons. The number of aliphatic hydroxyl groups excluding tert-OH is 1. The first kappa shape index (κ1) is 52.4. The van der Waals surface area contributed by atoms with Crippen LogP contribution in [-0.4, -0.2) is 156 Å². The maximum atomic E-state index is 14.4. The smallest absolute Gasteiger partial charge is 0.248 e. The van der Waals surface area contributed by atoms with Gasteiger partial charge in [0.1, 0.15) is 28.7 Å². The lowest BCUT2D eigenvalue weighted by Gasteiger charge is -2.39. The number of piperidine rings is 2. The minimum absolute atomic E-state index is 0.0562. The number of nitrogen functional groups attached to an aromatic ring is 1. The standard InChI is InChI=1S/C51H68ClN15O4S2/c1-31(2)43(67-28-32(3)60-61-67)50(71)66-29-37(68)26-39(66)47(69)58-38(34-6-8-35(9-7-34)44-33(4)57-30-72-44)13-17-62-22-24-65(25-23-62)49(70)36-11-18-64(19-12-36)46-42(52)40(10-16-55-46)73-48-45(53)59-41(27-56-48)63-20-14-51(5,54)15-21-63/h6-10,16,27-28,30-31,36-39,43,68H,11-15,17-26,29,54H2,1-5H3,(H2,53,59)(H,58,69)/t37-,38+,39+,43+/m1/s1. The van der Waals surface area contributed by atoms with Gasteiger partial charge in [0.05, 0.1) is 45.1 Å². The molecule has 8 heterocycles. The Hall–Kier alpha value is -5.45. The van der Waals surface area contributed by atoms with Crippen LogP contribution in [0.4, 0.5) is 17.5 Å². The van der Waals surface area contributed by atoms with E-state index >= 15 is 0 Å². The van der Waals surface area contributed by atoms with Gasteiger partial charge in [-0.1, -0.05) is 66.7 Å². The van der Waals surface area contributed by atoms with E-state index in [1.807, 2.05) is 56.3 Å². The number of thiazole rings is 1. The highest BCUT2D eigenvalue weighted by molar-refractivity contribution is 7.99. The molecule has 4 fully saturated rings. The highest BCUT2D eigenvalue weighted by Crippen LogP contribution is 2.40. The van der Waals surface area contributed by atoms with Gasteiger partial charge in [0, 0.05) is 101 Å². The third-order valence-corrected chi connectivity index (χ3v) is 17.4. The van der Waals surface area contributed by atoms with Gasteiger partial charge in [-0.15, -0.1) is 16.4 Å². The Morgan fingerprint density at radius 3 is 2.34 bits per heavy atom. The maximum Gasteiger partial charge on any atom is 0.248 e. The van der Waals surface area contributed by atoms with E-state index in [0.717, 1.165) is 58.3 Å². The van der Waals surface area contributed by atoms with Gasteiger partial charge >= 0.3 is 0 Å². The van der Waals surface area contributed by atoms with Crippen molar-refractivity contribution in [2.45, 2.75) is 113 Å². The number of anilines is 3. The topological polar surface area (TPSA) is 234 Å². The Bertz CT molecular complexity index is 2730. The number of benzene rings is 1. The number of amides is 3. The van der Waals surface area contributed by atoms with Crippen molar-refractivity contribution in [2.24, 2.45) is 17.6 Å². The van der Waals surface area contributed by atoms with Crippen molar-refractivity contribution >= 4 is 69.9 Å². The second-order valence-electron chi connectivity index (χ2n) is 20.7. The predicted octanol–water partition coefficient (Wildman–Crippen LogP) is 5.38. The van der Waals surface area contributed by atoms with Gasteiger partial charge in [0.15, 0.2) is 5.82 Å². The minimum Gasteiger partial charge on any atom is -0.391 e. The number of likely N-dealkylation sites (tertiary alicyclic amines) is 1. The lowest BCUT2D eigenvalue weighted by atomic mass is 9.91. The van der Waals surface area contributed by atoms with Crippen LogP contribution in [-0.2, 0) is 14.4 Å². The number of piperazine rings is 1. The van der Waals surface area contributed by atoms with Gasteiger partial charge in [-0.25, -0.2) is 24.6 Å². The van der Waals surface area contributed by atoms with E-state index in [0.29, 0.717) is 92.5 Å². The van der Waals surface area contributed by atoms with Crippen molar-refractivity contribution in [1.82, 2.24) is 54.9 Å². The summed E-state index contributed by atoms with van der Waals surface area (Å²) in [5.41, 5.74) is 18.1. The maximum absolute atomic E-state index is 14.4. The van der Waals surface area contributed by atoms with Gasteiger partial charge in [0.2, 0.25) is 17.7 Å². The molecular weight excluding hydrogens is 986 g/mol. The molecule has 1 aromatic carbocycles. The van der Waals surface area contributed by atoms with Crippen LogP contribution < -0.4 is 26.6 Å². The number of aryl methyl sites for hydroxylation is 2. The van der Waals surface area contributed by atoms with Crippen molar-refractivity contribution in [3.63, 3.8) is 0 Å². The molecule has 4 aliphatic heterocycles. The van der Waals surface area contributed by atoms with E-state index in [9.17, 15) is 19.5 Å². The quantitative estimate of drug-likeness (QED) is 0.103. The average Bonchev–Trinajstić information content (AvgIpc) is 4.13. The molecule has 4 saturated heterocycles. The Labute approximate surface area is 440 Å². The van der Waals surface area contributed by atoms with Crippen LogP contribution in [0.5, 0.6) is 0 Å². The molecular formula is C51H68ClN15O4S2. The summed E-state index contributed by atoms with van der Waals surface area (Å²) in [5, 5.41) is 23.6. The van der Waals surface area contributed by atoms with Crippen molar-refractivity contribution in [2.75, 3.05) is 81.0 Å². The zero-order valence-corrected chi connectivity index (χ0v) is 44.8. The number of carbonyl (C=O) groups is 3. The second-order valence-corrected chi connectivity index (χ2v) is 23.0. The second kappa shape index (κ2) is 22.6. The number of aromatic nitrogens is 7. The molecule has 22 heteroatoms. The highest BCUT2D eigenvalue weighted by Gasteiger charge is 2.43. The van der Waals surface area contributed by atoms with Crippen molar-refractivity contribution in [1.29, 1.82) is 0 Å². The lowest BCUT2D eigenvalue weighted by molar-refractivity contribution is -0.142. The number of carbonyl (C=O) groups excluding carboxylic acids is 3. The monoisotopic (exact) mass is 1050 g/mol. The number of hydrogen-bond donors (Lipinski definition) is 4. The van der Waals surface area contributed by atoms with Crippen LogP contribution in [0.15, 0.2) is 64.4 Å². The molecule has 6 N–H and O–H groups in total. The average molecular weight is 1050 g/mol. The van der Waals surface area contributed by atoms with Crippen molar-refractivity contribution < 1.29 is 19.5 Å². The largest absolute Gasteiger partial charge is 0.391 e. The number of β-amino-alcohol motifs (C(OH)–C–C–N with tert-alkyl or cyclic N) is 1.